The molecule has 0 spiro atoms. The van der Waals surface area contributed by atoms with E-state index < -0.39 is 22.8 Å². The zero-order valence-corrected chi connectivity index (χ0v) is 6.02. The number of rotatable bonds is 0. The lowest BCUT2D eigenvalue weighted by Gasteiger charge is -2.16. The van der Waals surface area contributed by atoms with E-state index in [1.807, 2.05) is 0 Å². The Kier molecular flexibility index (Phi) is 1.66. The minimum absolute atomic E-state index is 0.0312. The van der Waals surface area contributed by atoms with Gasteiger partial charge in [-0.05, 0) is 6.92 Å². The maximum Gasteiger partial charge on any atom is 0.327 e. The van der Waals surface area contributed by atoms with Crippen molar-refractivity contribution < 1.29 is 17.6 Å². The van der Waals surface area contributed by atoms with E-state index in [4.69, 9.17) is 0 Å². The van der Waals surface area contributed by atoms with Gasteiger partial charge in [0.2, 0.25) is 6.17 Å². The van der Waals surface area contributed by atoms with E-state index in [0.29, 0.717) is 0 Å². The van der Waals surface area contributed by atoms with Crippen molar-refractivity contribution in [1.29, 1.82) is 0 Å². The third-order valence-corrected chi connectivity index (χ3v) is 2.67. The highest BCUT2D eigenvalue weighted by Crippen LogP contribution is 2.49. The zero-order valence-electron chi connectivity index (χ0n) is 5.20. The van der Waals surface area contributed by atoms with Crippen LogP contribution in [0.3, 0.4) is 0 Å². The standard InChI is InChI=1S/C5H6F4S/c1-4(7)2-10-5(8,9)3(4)6/h3H,2H2,1H3. The molecular formula is C5H6F4S. The summed E-state index contributed by atoms with van der Waals surface area (Å²) in [5, 5.41) is -3.54. The minimum atomic E-state index is -3.54. The summed E-state index contributed by atoms with van der Waals surface area (Å²) in [5.74, 6) is -0.471. The van der Waals surface area contributed by atoms with Crippen LogP contribution in [0.5, 0.6) is 0 Å². The molecule has 1 heterocycles. The molecule has 2 unspecified atom stereocenters. The second-order valence-corrected chi connectivity index (χ2v) is 3.61. The fraction of sp³-hybridized carbons (Fsp3) is 1.00. The molecule has 1 rings (SSSR count). The SMILES string of the molecule is CC1(F)CSC(F)(F)C1F. The van der Waals surface area contributed by atoms with Gasteiger partial charge in [0, 0.05) is 5.75 Å². The Labute approximate surface area is 60.0 Å². The van der Waals surface area contributed by atoms with Gasteiger partial charge in [-0.3, -0.25) is 0 Å². The van der Waals surface area contributed by atoms with Crippen LogP contribution in [0, 0.1) is 0 Å². The molecule has 2 atom stereocenters. The summed E-state index contributed by atoms with van der Waals surface area (Å²) in [6, 6.07) is 0. The van der Waals surface area contributed by atoms with Crippen LogP contribution in [0.25, 0.3) is 0 Å². The fourth-order valence-electron chi connectivity index (χ4n) is 0.734. The summed E-state index contributed by atoms with van der Waals surface area (Å²) in [7, 11) is 0. The predicted molar refractivity (Wildman–Crippen MR) is 31.8 cm³/mol. The molecule has 0 radical (unpaired) electrons. The van der Waals surface area contributed by atoms with Crippen LogP contribution in [0.1, 0.15) is 6.92 Å². The van der Waals surface area contributed by atoms with Gasteiger partial charge < -0.3 is 0 Å². The molecule has 0 aromatic heterocycles. The Bertz CT molecular complexity index is 129. The van der Waals surface area contributed by atoms with Gasteiger partial charge in [0.1, 0.15) is 0 Å². The number of halogens is 4. The molecule has 1 aliphatic rings. The highest BCUT2D eigenvalue weighted by atomic mass is 32.2. The highest BCUT2D eigenvalue weighted by molar-refractivity contribution is 8.00. The van der Waals surface area contributed by atoms with Gasteiger partial charge in [-0.2, -0.15) is 8.78 Å². The lowest BCUT2D eigenvalue weighted by atomic mass is 10.1. The first kappa shape index (κ1) is 8.17. The van der Waals surface area contributed by atoms with Gasteiger partial charge in [0.15, 0.2) is 5.67 Å². The van der Waals surface area contributed by atoms with Gasteiger partial charge in [0.05, 0.1) is 0 Å². The van der Waals surface area contributed by atoms with E-state index in [1.54, 1.807) is 0 Å². The van der Waals surface area contributed by atoms with Crippen molar-refractivity contribution in [1.82, 2.24) is 0 Å². The smallest absolute Gasteiger partial charge is 0.240 e. The molecule has 1 aliphatic heterocycles. The summed E-state index contributed by atoms with van der Waals surface area (Å²) < 4.78 is 49.3. The van der Waals surface area contributed by atoms with Crippen molar-refractivity contribution in [2.24, 2.45) is 0 Å². The van der Waals surface area contributed by atoms with E-state index in [-0.39, 0.29) is 11.8 Å². The van der Waals surface area contributed by atoms with Gasteiger partial charge in [-0.1, -0.05) is 11.8 Å². The van der Waals surface area contributed by atoms with Crippen molar-refractivity contribution in [3.63, 3.8) is 0 Å². The van der Waals surface area contributed by atoms with Gasteiger partial charge in [-0.15, -0.1) is 0 Å². The number of hydrogen-bond acceptors (Lipinski definition) is 1. The fourth-order valence-corrected chi connectivity index (χ4v) is 1.75. The lowest BCUT2D eigenvalue weighted by Crippen LogP contribution is -2.36. The quantitative estimate of drug-likeness (QED) is 0.508. The Morgan fingerprint density at radius 1 is 1.40 bits per heavy atom. The average molecular weight is 174 g/mol. The van der Waals surface area contributed by atoms with Gasteiger partial charge in [0.25, 0.3) is 0 Å². The highest BCUT2D eigenvalue weighted by Gasteiger charge is 2.59. The van der Waals surface area contributed by atoms with Crippen molar-refractivity contribution in [2.45, 2.75) is 24.0 Å². The first-order valence-electron chi connectivity index (χ1n) is 2.71. The van der Waals surface area contributed by atoms with Crippen LogP contribution in [-0.4, -0.2) is 22.8 Å². The van der Waals surface area contributed by atoms with Gasteiger partial charge >= 0.3 is 5.25 Å². The Morgan fingerprint density at radius 3 is 2.00 bits per heavy atom. The van der Waals surface area contributed by atoms with Crippen LogP contribution in [-0.2, 0) is 0 Å². The van der Waals surface area contributed by atoms with E-state index in [9.17, 15) is 17.6 Å². The van der Waals surface area contributed by atoms with Crippen LogP contribution >= 0.6 is 11.8 Å². The summed E-state index contributed by atoms with van der Waals surface area (Å²) in [5.41, 5.74) is -2.37. The van der Waals surface area contributed by atoms with Crippen LogP contribution in [0.2, 0.25) is 0 Å². The molecule has 0 N–H and O–H groups in total. The van der Waals surface area contributed by atoms with E-state index in [1.165, 1.54) is 0 Å². The van der Waals surface area contributed by atoms with E-state index in [2.05, 4.69) is 0 Å². The molecular weight excluding hydrogens is 168 g/mol. The average Bonchev–Trinajstić information content (AvgIpc) is 1.95. The molecule has 0 aliphatic carbocycles. The number of hydrogen-bond donors (Lipinski definition) is 0. The van der Waals surface area contributed by atoms with Crippen molar-refractivity contribution in [3.8, 4) is 0 Å². The van der Waals surface area contributed by atoms with E-state index >= 15 is 0 Å². The molecule has 0 bridgehead atoms. The molecule has 10 heavy (non-hydrogen) atoms. The monoisotopic (exact) mass is 174 g/mol. The van der Waals surface area contributed by atoms with Crippen molar-refractivity contribution in [2.75, 3.05) is 5.75 Å². The maximum atomic E-state index is 12.6. The molecule has 0 nitrogen and oxygen atoms in total. The molecule has 0 saturated carbocycles. The van der Waals surface area contributed by atoms with Crippen molar-refractivity contribution in [3.05, 3.63) is 0 Å². The predicted octanol–water partition coefficient (Wildman–Crippen LogP) is 2.39. The first-order valence-corrected chi connectivity index (χ1v) is 3.69. The first-order chi connectivity index (χ1) is 4.36. The molecule has 1 fully saturated rings. The molecule has 0 aromatic rings. The number of alkyl halides is 4. The third kappa shape index (κ3) is 1.11. The molecule has 0 aromatic carbocycles. The van der Waals surface area contributed by atoms with Crippen LogP contribution < -0.4 is 0 Å². The van der Waals surface area contributed by atoms with Crippen molar-refractivity contribution >= 4 is 11.8 Å². The largest absolute Gasteiger partial charge is 0.327 e. The second kappa shape index (κ2) is 2.03. The Morgan fingerprint density at radius 2 is 1.90 bits per heavy atom. The second-order valence-electron chi connectivity index (χ2n) is 2.49. The molecule has 1 saturated heterocycles. The zero-order chi connectivity index (χ0) is 7.99. The lowest BCUT2D eigenvalue weighted by molar-refractivity contribution is -0.0408. The molecule has 0 amide bonds. The summed E-state index contributed by atoms with van der Waals surface area (Å²) in [4.78, 5) is 0. The topological polar surface area (TPSA) is 0 Å². The Balaban J connectivity index is 2.77. The van der Waals surface area contributed by atoms with E-state index in [0.717, 1.165) is 6.92 Å². The third-order valence-electron chi connectivity index (χ3n) is 1.37. The minimum Gasteiger partial charge on any atom is -0.240 e. The van der Waals surface area contributed by atoms with Crippen LogP contribution in [0.4, 0.5) is 17.6 Å². The summed E-state index contributed by atoms with van der Waals surface area (Å²) in [6.45, 7) is 0.853. The summed E-state index contributed by atoms with van der Waals surface area (Å²) >= 11 is 0.0312. The van der Waals surface area contributed by atoms with Crippen LogP contribution in [0.15, 0.2) is 0 Å². The normalized spacial score (nSPS) is 45.9. The van der Waals surface area contributed by atoms with Gasteiger partial charge in [-0.25, -0.2) is 8.78 Å². The molecule has 5 heteroatoms. The molecule has 60 valence electrons. The summed E-state index contributed by atoms with van der Waals surface area (Å²) in [6.07, 6.45) is -2.66. The number of thioether (sulfide) groups is 1. The Hall–Kier alpha value is 0.0700. The maximum absolute atomic E-state index is 12.6.